The minimum atomic E-state index is -3.55. The van der Waals surface area contributed by atoms with Crippen molar-refractivity contribution in [3.05, 3.63) is 33.7 Å². The van der Waals surface area contributed by atoms with Crippen LogP contribution in [0, 0.1) is 13.8 Å². The summed E-state index contributed by atoms with van der Waals surface area (Å²) in [5.41, 5.74) is 0. The van der Waals surface area contributed by atoms with Crippen LogP contribution in [0.1, 0.15) is 28.3 Å². The first kappa shape index (κ1) is 16.2. The predicted molar refractivity (Wildman–Crippen MR) is 81.7 cm³/mol. The zero-order valence-electron chi connectivity index (χ0n) is 12.3. The molecule has 0 spiro atoms. The SMILES string of the molecule is CCNCc1cc(S(=O)(=O)NCc2ncc(C)o2)c(C)s1. The molecule has 2 rings (SSSR count). The second-order valence-electron chi connectivity index (χ2n) is 4.60. The van der Waals surface area contributed by atoms with E-state index < -0.39 is 10.0 Å². The third-order valence-corrected chi connectivity index (χ3v) is 5.55. The Hall–Kier alpha value is -1.22. The molecule has 2 N–H and O–H groups in total. The van der Waals surface area contributed by atoms with E-state index in [1.54, 1.807) is 19.2 Å². The van der Waals surface area contributed by atoms with Crippen LogP contribution in [0.15, 0.2) is 21.6 Å². The van der Waals surface area contributed by atoms with Crippen molar-refractivity contribution in [1.82, 2.24) is 15.0 Å². The molecule has 6 nitrogen and oxygen atoms in total. The molecule has 0 radical (unpaired) electrons. The minimum absolute atomic E-state index is 0.0496. The summed E-state index contributed by atoms with van der Waals surface area (Å²) in [4.78, 5) is 6.08. The van der Waals surface area contributed by atoms with Crippen LogP contribution in [-0.4, -0.2) is 19.9 Å². The van der Waals surface area contributed by atoms with Crippen LogP contribution in [0.3, 0.4) is 0 Å². The Morgan fingerprint density at radius 1 is 1.33 bits per heavy atom. The van der Waals surface area contributed by atoms with Crippen LogP contribution in [0.5, 0.6) is 0 Å². The third kappa shape index (κ3) is 4.13. The number of thiophene rings is 1. The Kier molecular flexibility index (Phi) is 5.15. The predicted octanol–water partition coefficient (Wildman–Crippen LogP) is 1.94. The normalized spacial score (nSPS) is 12.0. The van der Waals surface area contributed by atoms with Crippen molar-refractivity contribution in [1.29, 1.82) is 0 Å². The van der Waals surface area contributed by atoms with Crippen molar-refractivity contribution in [2.24, 2.45) is 0 Å². The Morgan fingerprint density at radius 3 is 2.71 bits per heavy atom. The molecule has 0 aliphatic carbocycles. The van der Waals surface area contributed by atoms with E-state index in [0.717, 1.165) is 16.3 Å². The highest BCUT2D eigenvalue weighted by molar-refractivity contribution is 7.89. The Morgan fingerprint density at radius 2 is 2.10 bits per heavy atom. The zero-order valence-corrected chi connectivity index (χ0v) is 13.9. The van der Waals surface area contributed by atoms with Gasteiger partial charge >= 0.3 is 0 Å². The van der Waals surface area contributed by atoms with Crippen LogP contribution in [0.4, 0.5) is 0 Å². The molecule has 116 valence electrons. The second-order valence-corrected chi connectivity index (χ2v) is 7.68. The number of aryl methyl sites for hydroxylation is 2. The van der Waals surface area contributed by atoms with E-state index >= 15 is 0 Å². The fourth-order valence-electron chi connectivity index (χ4n) is 1.84. The van der Waals surface area contributed by atoms with Crippen LogP contribution < -0.4 is 10.0 Å². The summed E-state index contributed by atoms with van der Waals surface area (Å²) in [5, 5.41) is 3.19. The van der Waals surface area contributed by atoms with Gasteiger partial charge in [0.1, 0.15) is 5.76 Å². The molecule has 0 fully saturated rings. The summed E-state index contributed by atoms with van der Waals surface area (Å²) in [7, 11) is -3.55. The molecule has 0 aromatic carbocycles. The smallest absolute Gasteiger partial charge is 0.242 e. The van der Waals surface area contributed by atoms with Gasteiger partial charge in [-0.2, -0.15) is 0 Å². The van der Waals surface area contributed by atoms with Crippen molar-refractivity contribution in [3.63, 3.8) is 0 Å². The van der Waals surface area contributed by atoms with Gasteiger partial charge in [0.2, 0.25) is 15.9 Å². The van der Waals surface area contributed by atoms with Gasteiger partial charge in [0, 0.05) is 16.3 Å². The first-order valence-corrected chi connectivity index (χ1v) is 8.93. The maximum Gasteiger partial charge on any atom is 0.242 e. The number of hydrogen-bond donors (Lipinski definition) is 2. The number of rotatable bonds is 7. The van der Waals surface area contributed by atoms with Gasteiger partial charge in [0.05, 0.1) is 17.6 Å². The standard InChI is InChI=1S/C13H19N3O3S2/c1-4-14-7-11-5-12(10(3)20-11)21(17,18)16-8-13-15-6-9(2)19-13/h5-6,14,16H,4,7-8H2,1-3H3. The average molecular weight is 329 g/mol. The van der Waals surface area contributed by atoms with Gasteiger partial charge in [-0.25, -0.2) is 18.1 Å². The highest BCUT2D eigenvalue weighted by atomic mass is 32.2. The summed E-state index contributed by atoms with van der Waals surface area (Å²) in [6.45, 7) is 7.16. The lowest BCUT2D eigenvalue weighted by molar-refractivity contribution is 0.463. The molecule has 0 saturated heterocycles. The van der Waals surface area contributed by atoms with E-state index in [1.807, 2.05) is 13.8 Å². The Labute approximate surface area is 128 Å². The summed E-state index contributed by atoms with van der Waals surface area (Å²) >= 11 is 1.49. The van der Waals surface area contributed by atoms with E-state index in [-0.39, 0.29) is 6.54 Å². The lowest BCUT2D eigenvalue weighted by Gasteiger charge is -2.03. The largest absolute Gasteiger partial charge is 0.445 e. The lowest BCUT2D eigenvalue weighted by Crippen LogP contribution is -2.23. The fourth-order valence-corrected chi connectivity index (χ4v) is 4.42. The topological polar surface area (TPSA) is 84.2 Å². The first-order chi connectivity index (χ1) is 9.92. The number of oxazole rings is 1. The molecule has 2 aromatic rings. The molecule has 0 aliphatic heterocycles. The molecule has 8 heteroatoms. The highest BCUT2D eigenvalue weighted by Crippen LogP contribution is 2.25. The number of nitrogens with zero attached hydrogens (tertiary/aromatic N) is 1. The van der Waals surface area contributed by atoms with E-state index in [2.05, 4.69) is 15.0 Å². The minimum Gasteiger partial charge on any atom is -0.445 e. The molecular weight excluding hydrogens is 310 g/mol. The van der Waals surface area contributed by atoms with E-state index in [4.69, 9.17) is 4.42 Å². The summed E-state index contributed by atoms with van der Waals surface area (Å²) < 4.78 is 32.4. The molecule has 0 aliphatic rings. The van der Waals surface area contributed by atoms with Crippen LogP contribution >= 0.6 is 11.3 Å². The van der Waals surface area contributed by atoms with Gasteiger partial charge in [-0.1, -0.05) is 6.92 Å². The lowest BCUT2D eigenvalue weighted by atomic mass is 10.4. The van der Waals surface area contributed by atoms with Gasteiger partial charge in [0.25, 0.3) is 0 Å². The average Bonchev–Trinajstić information content (AvgIpc) is 3.00. The number of aromatic nitrogens is 1. The monoisotopic (exact) mass is 329 g/mol. The molecule has 2 heterocycles. The summed E-state index contributed by atoms with van der Waals surface area (Å²) in [5.74, 6) is 1.01. The van der Waals surface area contributed by atoms with Gasteiger partial charge in [0.15, 0.2) is 0 Å². The molecular formula is C13H19N3O3S2. The van der Waals surface area contributed by atoms with Crippen molar-refractivity contribution < 1.29 is 12.8 Å². The number of sulfonamides is 1. The Bertz CT molecular complexity index is 704. The van der Waals surface area contributed by atoms with Gasteiger partial charge < -0.3 is 9.73 Å². The molecule has 0 saturated carbocycles. The molecule has 21 heavy (non-hydrogen) atoms. The molecule has 0 atom stereocenters. The number of nitrogens with one attached hydrogen (secondary N) is 2. The van der Waals surface area contributed by atoms with Crippen LogP contribution in [0.25, 0.3) is 0 Å². The van der Waals surface area contributed by atoms with Crippen LogP contribution in [0.2, 0.25) is 0 Å². The van der Waals surface area contributed by atoms with E-state index in [0.29, 0.717) is 23.1 Å². The molecule has 0 bridgehead atoms. The van der Waals surface area contributed by atoms with Crippen molar-refractivity contribution in [3.8, 4) is 0 Å². The maximum absolute atomic E-state index is 12.3. The Balaban J connectivity index is 2.09. The summed E-state index contributed by atoms with van der Waals surface area (Å²) in [6.07, 6.45) is 1.56. The fraction of sp³-hybridized carbons (Fsp3) is 0.462. The summed E-state index contributed by atoms with van der Waals surface area (Å²) in [6, 6.07) is 1.71. The maximum atomic E-state index is 12.3. The zero-order chi connectivity index (χ0) is 15.5. The number of hydrogen-bond acceptors (Lipinski definition) is 6. The quantitative estimate of drug-likeness (QED) is 0.811. The van der Waals surface area contributed by atoms with E-state index in [9.17, 15) is 8.42 Å². The van der Waals surface area contributed by atoms with Gasteiger partial charge in [-0.15, -0.1) is 11.3 Å². The van der Waals surface area contributed by atoms with Crippen molar-refractivity contribution in [2.75, 3.05) is 6.54 Å². The van der Waals surface area contributed by atoms with Gasteiger partial charge in [-0.3, -0.25) is 0 Å². The second kappa shape index (κ2) is 6.69. The molecule has 0 unspecified atom stereocenters. The van der Waals surface area contributed by atoms with Crippen molar-refractivity contribution in [2.45, 2.75) is 38.8 Å². The van der Waals surface area contributed by atoms with Gasteiger partial charge in [-0.05, 0) is 26.5 Å². The van der Waals surface area contributed by atoms with Crippen LogP contribution in [-0.2, 0) is 23.1 Å². The van der Waals surface area contributed by atoms with Crippen molar-refractivity contribution >= 4 is 21.4 Å². The molecule has 2 aromatic heterocycles. The highest BCUT2D eigenvalue weighted by Gasteiger charge is 2.20. The molecule has 0 amide bonds. The third-order valence-electron chi connectivity index (χ3n) is 2.84. The first-order valence-electron chi connectivity index (χ1n) is 6.63. The van der Waals surface area contributed by atoms with E-state index in [1.165, 1.54) is 11.3 Å².